The molecule has 0 aliphatic heterocycles. The van der Waals surface area contributed by atoms with Gasteiger partial charge in [0.1, 0.15) is 5.69 Å². The molecule has 1 heterocycles. The number of carbonyl (C=O) groups excluding carboxylic acids is 2. The summed E-state index contributed by atoms with van der Waals surface area (Å²) in [6, 6.07) is 8.61. The Balaban J connectivity index is 2.01. The second-order valence-electron chi connectivity index (χ2n) is 5.36. The molecule has 2 aromatic rings. The van der Waals surface area contributed by atoms with Gasteiger partial charge in [0.25, 0.3) is 11.8 Å². The smallest absolute Gasteiger partial charge is 0.397 e. The number of nitrogen functional groups attached to an aromatic ring is 1. The van der Waals surface area contributed by atoms with E-state index in [2.05, 4.69) is 10.3 Å². The Kier molecular flexibility index (Phi) is 5.62. The van der Waals surface area contributed by atoms with Gasteiger partial charge in [0.2, 0.25) is 0 Å². The molecule has 27 heavy (non-hydrogen) atoms. The van der Waals surface area contributed by atoms with Crippen LogP contribution in [0.25, 0.3) is 0 Å². The molecule has 0 atom stereocenters. The van der Waals surface area contributed by atoms with Crippen LogP contribution in [-0.4, -0.2) is 35.4 Å². The summed E-state index contributed by atoms with van der Waals surface area (Å²) < 4.78 is 61.8. The summed E-state index contributed by atoms with van der Waals surface area (Å²) in [7, 11) is 0. The lowest BCUT2D eigenvalue weighted by Gasteiger charge is -2.19. The second-order valence-corrected chi connectivity index (χ2v) is 5.36. The predicted octanol–water partition coefficient (Wildman–Crippen LogP) is 2.84. The third kappa shape index (κ3) is 4.90. The summed E-state index contributed by atoms with van der Waals surface area (Å²) in [6.45, 7) is -1.91. The molecule has 11 heteroatoms. The Bertz CT molecular complexity index is 837. The molecule has 144 valence electrons. The van der Waals surface area contributed by atoms with E-state index in [1.807, 2.05) is 0 Å². The fourth-order valence-corrected chi connectivity index (χ4v) is 1.85. The second kappa shape index (κ2) is 7.56. The zero-order chi connectivity index (χ0) is 20.2. The lowest BCUT2D eigenvalue weighted by Crippen LogP contribution is -2.46. The number of pyridine rings is 1. The van der Waals surface area contributed by atoms with Crippen LogP contribution in [0, 0.1) is 0 Å². The van der Waals surface area contributed by atoms with Gasteiger partial charge < -0.3 is 16.4 Å². The van der Waals surface area contributed by atoms with Gasteiger partial charge >= 0.3 is 12.1 Å². The Morgan fingerprint density at radius 2 is 1.67 bits per heavy atom. The molecule has 0 bridgehead atoms. The lowest BCUT2D eigenvalue weighted by molar-refractivity contribution is -0.278. The van der Waals surface area contributed by atoms with Crippen molar-refractivity contribution in [3.05, 3.63) is 53.9 Å². The molecule has 2 rings (SSSR count). The first kappa shape index (κ1) is 20.1. The SMILES string of the molecule is Nc1ccccc1NC(=O)c1ccc(C(=O)NCC(F)(F)C(F)(F)F)cn1. The van der Waals surface area contributed by atoms with Gasteiger partial charge in [-0.15, -0.1) is 0 Å². The minimum Gasteiger partial charge on any atom is -0.397 e. The highest BCUT2D eigenvalue weighted by Crippen LogP contribution is 2.34. The molecule has 0 fully saturated rings. The van der Waals surface area contributed by atoms with E-state index in [-0.39, 0.29) is 11.3 Å². The molecule has 1 aromatic heterocycles. The first-order valence-electron chi connectivity index (χ1n) is 7.36. The monoisotopic (exact) mass is 388 g/mol. The standard InChI is InChI=1S/C16H13F5N4O2/c17-15(18,16(19,20)21)8-24-13(26)9-5-6-12(23-7-9)14(27)25-11-4-2-1-3-10(11)22/h1-7H,8,22H2,(H,24,26)(H,25,27). The van der Waals surface area contributed by atoms with E-state index in [0.29, 0.717) is 11.4 Å². The van der Waals surface area contributed by atoms with Crippen LogP contribution in [0.5, 0.6) is 0 Å². The Morgan fingerprint density at radius 3 is 2.22 bits per heavy atom. The topological polar surface area (TPSA) is 97.1 Å². The molecular formula is C16H13F5N4O2. The Labute approximate surface area is 149 Å². The number of nitrogens with two attached hydrogens (primary N) is 1. The number of nitrogens with one attached hydrogen (secondary N) is 2. The molecule has 0 saturated carbocycles. The van der Waals surface area contributed by atoms with Gasteiger partial charge in [-0.2, -0.15) is 22.0 Å². The number of anilines is 2. The lowest BCUT2D eigenvalue weighted by atomic mass is 10.2. The van der Waals surface area contributed by atoms with Crippen molar-refractivity contribution in [3.63, 3.8) is 0 Å². The molecule has 0 unspecified atom stereocenters. The fraction of sp³-hybridized carbons (Fsp3) is 0.188. The predicted molar refractivity (Wildman–Crippen MR) is 86.4 cm³/mol. The summed E-state index contributed by atoms with van der Waals surface area (Å²) >= 11 is 0. The van der Waals surface area contributed by atoms with Crippen LogP contribution in [0.2, 0.25) is 0 Å². The number of aromatic nitrogens is 1. The highest BCUT2D eigenvalue weighted by molar-refractivity contribution is 6.04. The molecule has 6 nitrogen and oxygen atoms in total. The highest BCUT2D eigenvalue weighted by atomic mass is 19.4. The van der Waals surface area contributed by atoms with Gasteiger partial charge in [-0.25, -0.2) is 0 Å². The van der Waals surface area contributed by atoms with Gasteiger partial charge in [0, 0.05) is 6.20 Å². The zero-order valence-corrected chi connectivity index (χ0v) is 13.5. The summed E-state index contributed by atoms with van der Waals surface area (Å²) in [5.41, 5.74) is 5.92. The van der Waals surface area contributed by atoms with Crippen molar-refractivity contribution >= 4 is 23.2 Å². The van der Waals surface area contributed by atoms with Gasteiger partial charge in [-0.3, -0.25) is 14.6 Å². The third-order valence-corrected chi connectivity index (χ3v) is 3.35. The van der Waals surface area contributed by atoms with Crippen LogP contribution in [0.1, 0.15) is 20.8 Å². The van der Waals surface area contributed by atoms with Crippen LogP contribution in [-0.2, 0) is 0 Å². The van der Waals surface area contributed by atoms with Crippen molar-refractivity contribution in [2.75, 3.05) is 17.6 Å². The zero-order valence-electron chi connectivity index (χ0n) is 13.5. The van der Waals surface area contributed by atoms with E-state index in [1.54, 1.807) is 24.3 Å². The largest absolute Gasteiger partial charge is 0.455 e. The maximum Gasteiger partial charge on any atom is 0.455 e. The van der Waals surface area contributed by atoms with E-state index in [9.17, 15) is 31.5 Å². The number of nitrogens with zero attached hydrogens (tertiary/aromatic N) is 1. The van der Waals surface area contributed by atoms with Gasteiger partial charge in [0.05, 0.1) is 23.5 Å². The summed E-state index contributed by atoms with van der Waals surface area (Å²) in [5, 5.41) is 3.96. The van der Waals surface area contributed by atoms with Crippen LogP contribution in [0.4, 0.5) is 33.3 Å². The van der Waals surface area contributed by atoms with E-state index in [0.717, 1.165) is 18.3 Å². The summed E-state index contributed by atoms with van der Waals surface area (Å²) in [6.07, 6.45) is -4.90. The minimum atomic E-state index is -5.78. The van der Waals surface area contributed by atoms with Gasteiger partial charge in [-0.05, 0) is 24.3 Å². The molecule has 1 aromatic carbocycles. The number of alkyl halides is 5. The molecular weight excluding hydrogens is 375 g/mol. The van der Waals surface area contributed by atoms with Crippen molar-refractivity contribution in [2.45, 2.75) is 12.1 Å². The van der Waals surface area contributed by atoms with E-state index in [1.165, 1.54) is 5.32 Å². The normalized spacial score (nSPS) is 11.7. The number of benzene rings is 1. The number of hydrogen-bond donors (Lipinski definition) is 3. The molecule has 4 N–H and O–H groups in total. The minimum absolute atomic E-state index is 0.115. The van der Waals surface area contributed by atoms with Gasteiger partial charge in [-0.1, -0.05) is 12.1 Å². The average Bonchev–Trinajstić information content (AvgIpc) is 2.61. The number of para-hydroxylation sites is 2. The van der Waals surface area contributed by atoms with Crippen LogP contribution >= 0.6 is 0 Å². The first-order valence-corrected chi connectivity index (χ1v) is 7.36. The molecule has 0 aliphatic rings. The number of carbonyl (C=O) groups is 2. The number of hydrogen-bond acceptors (Lipinski definition) is 4. The third-order valence-electron chi connectivity index (χ3n) is 3.35. The van der Waals surface area contributed by atoms with Crippen molar-refractivity contribution in [3.8, 4) is 0 Å². The van der Waals surface area contributed by atoms with Gasteiger partial charge in [0.15, 0.2) is 0 Å². The fourth-order valence-electron chi connectivity index (χ4n) is 1.85. The number of rotatable bonds is 5. The Morgan fingerprint density at radius 1 is 1.00 bits per heavy atom. The van der Waals surface area contributed by atoms with Crippen LogP contribution in [0.3, 0.4) is 0 Å². The van der Waals surface area contributed by atoms with Crippen molar-refractivity contribution in [1.29, 1.82) is 0 Å². The van der Waals surface area contributed by atoms with Crippen LogP contribution < -0.4 is 16.4 Å². The summed E-state index contributed by atoms with van der Waals surface area (Å²) in [5.74, 6) is -6.90. The van der Waals surface area contributed by atoms with Crippen molar-refractivity contribution in [2.24, 2.45) is 0 Å². The van der Waals surface area contributed by atoms with Crippen LogP contribution in [0.15, 0.2) is 42.6 Å². The first-order chi connectivity index (χ1) is 12.5. The van der Waals surface area contributed by atoms with E-state index >= 15 is 0 Å². The van der Waals surface area contributed by atoms with Crippen molar-refractivity contribution in [1.82, 2.24) is 10.3 Å². The molecule has 2 amide bonds. The molecule has 0 aliphatic carbocycles. The number of amides is 2. The maximum atomic E-state index is 12.8. The Hall–Kier alpha value is -3.24. The maximum absolute atomic E-state index is 12.8. The number of halogens is 5. The van der Waals surface area contributed by atoms with Crippen molar-refractivity contribution < 1.29 is 31.5 Å². The van der Waals surface area contributed by atoms with E-state index < -0.39 is 30.5 Å². The quantitative estimate of drug-likeness (QED) is 0.542. The molecule has 0 radical (unpaired) electrons. The highest BCUT2D eigenvalue weighted by Gasteiger charge is 2.57. The molecule has 0 spiro atoms. The molecule has 0 saturated heterocycles. The van der Waals surface area contributed by atoms with E-state index in [4.69, 9.17) is 5.73 Å². The average molecular weight is 388 g/mol. The summed E-state index contributed by atoms with van der Waals surface area (Å²) in [4.78, 5) is 27.4.